The summed E-state index contributed by atoms with van der Waals surface area (Å²) in [4.78, 5) is 16.3. The zero-order valence-electron chi connectivity index (χ0n) is 11.9. The monoisotopic (exact) mass is 342 g/mol. The molecule has 1 amide bonds. The van der Waals surface area contributed by atoms with Crippen LogP contribution in [0.2, 0.25) is 5.02 Å². The molecule has 1 N–H and O–H groups in total. The highest BCUT2D eigenvalue weighted by Gasteiger charge is 2.20. The number of anilines is 1. The van der Waals surface area contributed by atoms with Crippen LogP contribution in [0.3, 0.4) is 0 Å². The lowest BCUT2D eigenvalue weighted by Crippen LogP contribution is -2.18. The van der Waals surface area contributed by atoms with Crippen LogP contribution in [0.1, 0.15) is 21.6 Å². The lowest BCUT2D eigenvalue weighted by molar-refractivity contribution is 0.102. The standard InChI is InChI=1S/C15H13ClF2N2OS/c1-8-10(16)6-11(17)14(12(8)18)20-15(21)13-9(7-22-2)4-3-5-19-13/h3-6H,7H2,1-2H3,(H,20,21). The topological polar surface area (TPSA) is 42.0 Å². The van der Waals surface area contributed by atoms with Gasteiger partial charge in [-0.3, -0.25) is 9.78 Å². The predicted octanol–water partition coefficient (Wildman–Crippen LogP) is 4.44. The van der Waals surface area contributed by atoms with Gasteiger partial charge in [-0.05, 0) is 30.9 Å². The average molecular weight is 343 g/mol. The number of amides is 1. The summed E-state index contributed by atoms with van der Waals surface area (Å²) in [5.74, 6) is -1.91. The second-order valence-corrected chi connectivity index (χ2v) is 5.83. The van der Waals surface area contributed by atoms with E-state index in [4.69, 9.17) is 11.6 Å². The molecule has 0 bridgehead atoms. The van der Waals surface area contributed by atoms with Gasteiger partial charge in [0.05, 0.1) is 0 Å². The molecule has 0 atom stereocenters. The predicted molar refractivity (Wildman–Crippen MR) is 85.5 cm³/mol. The van der Waals surface area contributed by atoms with Gasteiger partial charge in [0, 0.05) is 22.5 Å². The van der Waals surface area contributed by atoms with Crippen LogP contribution in [0.15, 0.2) is 24.4 Å². The number of benzene rings is 1. The molecule has 0 aliphatic carbocycles. The van der Waals surface area contributed by atoms with E-state index in [1.165, 1.54) is 24.9 Å². The number of aromatic nitrogens is 1. The number of hydrogen-bond donors (Lipinski definition) is 1. The molecule has 2 aromatic rings. The Morgan fingerprint density at radius 2 is 2.18 bits per heavy atom. The number of nitrogens with zero attached hydrogens (tertiary/aromatic N) is 1. The first-order chi connectivity index (χ1) is 10.5. The van der Waals surface area contributed by atoms with E-state index in [1.54, 1.807) is 12.1 Å². The van der Waals surface area contributed by atoms with Gasteiger partial charge < -0.3 is 5.32 Å². The highest BCUT2D eigenvalue weighted by atomic mass is 35.5. The summed E-state index contributed by atoms with van der Waals surface area (Å²) < 4.78 is 27.9. The number of rotatable bonds is 4. The maximum Gasteiger partial charge on any atom is 0.274 e. The van der Waals surface area contributed by atoms with Crippen LogP contribution in [0, 0.1) is 18.6 Å². The van der Waals surface area contributed by atoms with Crippen molar-refractivity contribution in [2.75, 3.05) is 11.6 Å². The van der Waals surface area contributed by atoms with Gasteiger partial charge in [-0.25, -0.2) is 8.78 Å². The smallest absolute Gasteiger partial charge is 0.274 e. The van der Waals surface area contributed by atoms with Gasteiger partial charge in [0.1, 0.15) is 11.4 Å². The van der Waals surface area contributed by atoms with Crippen LogP contribution in [-0.2, 0) is 5.75 Å². The van der Waals surface area contributed by atoms with Crippen molar-refractivity contribution in [3.8, 4) is 0 Å². The van der Waals surface area contributed by atoms with Crippen molar-refractivity contribution in [1.82, 2.24) is 4.98 Å². The van der Waals surface area contributed by atoms with Crippen molar-refractivity contribution in [1.29, 1.82) is 0 Å². The Morgan fingerprint density at radius 1 is 1.45 bits per heavy atom. The van der Waals surface area contributed by atoms with Crippen LogP contribution in [0.25, 0.3) is 0 Å². The fraction of sp³-hybridized carbons (Fsp3) is 0.200. The second kappa shape index (κ2) is 7.07. The highest BCUT2D eigenvalue weighted by Crippen LogP contribution is 2.28. The molecule has 0 radical (unpaired) electrons. The third-order valence-corrected chi connectivity index (χ3v) is 4.04. The summed E-state index contributed by atoms with van der Waals surface area (Å²) >= 11 is 7.22. The Labute approximate surface area is 136 Å². The van der Waals surface area contributed by atoms with Gasteiger partial charge >= 0.3 is 0 Å². The van der Waals surface area contributed by atoms with Crippen LogP contribution < -0.4 is 5.32 Å². The number of hydrogen-bond acceptors (Lipinski definition) is 3. The molecular formula is C15H13ClF2N2OS. The molecule has 0 saturated heterocycles. The minimum Gasteiger partial charge on any atom is -0.316 e. The lowest BCUT2D eigenvalue weighted by atomic mass is 10.1. The summed E-state index contributed by atoms with van der Waals surface area (Å²) in [7, 11) is 0. The maximum atomic E-state index is 14.1. The van der Waals surface area contributed by atoms with Gasteiger partial charge in [-0.15, -0.1) is 0 Å². The number of carbonyl (C=O) groups is 1. The molecule has 0 aliphatic heterocycles. The van der Waals surface area contributed by atoms with Gasteiger partial charge in [0.15, 0.2) is 11.6 Å². The molecular weight excluding hydrogens is 330 g/mol. The third kappa shape index (κ3) is 3.39. The average Bonchev–Trinajstić information content (AvgIpc) is 2.50. The van der Waals surface area contributed by atoms with Crippen LogP contribution >= 0.6 is 23.4 Å². The first-order valence-electron chi connectivity index (χ1n) is 6.34. The molecule has 0 spiro atoms. The summed E-state index contributed by atoms with van der Waals surface area (Å²) in [6.07, 6.45) is 3.34. The van der Waals surface area contributed by atoms with Gasteiger partial charge in [-0.1, -0.05) is 17.7 Å². The molecule has 7 heteroatoms. The van der Waals surface area contributed by atoms with E-state index in [0.29, 0.717) is 11.3 Å². The molecule has 3 nitrogen and oxygen atoms in total. The fourth-order valence-corrected chi connectivity index (χ4v) is 2.61. The second-order valence-electron chi connectivity index (χ2n) is 4.55. The zero-order chi connectivity index (χ0) is 16.3. The molecule has 0 saturated carbocycles. The summed E-state index contributed by atoms with van der Waals surface area (Å²) in [5.41, 5.74) is 0.388. The molecule has 1 heterocycles. The Hall–Kier alpha value is -1.66. The molecule has 0 aliphatic rings. The normalized spacial score (nSPS) is 10.6. The Balaban J connectivity index is 2.36. The minimum absolute atomic E-state index is 0.0334. The number of nitrogens with one attached hydrogen (secondary N) is 1. The van der Waals surface area contributed by atoms with Crippen LogP contribution in [0.4, 0.5) is 14.5 Å². The van der Waals surface area contributed by atoms with Gasteiger partial charge in [0.2, 0.25) is 0 Å². The quantitative estimate of drug-likeness (QED) is 0.893. The fourth-order valence-electron chi connectivity index (χ4n) is 1.89. The SMILES string of the molecule is CSCc1cccnc1C(=O)Nc1c(F)cc(Cl)c(C)c1F. The first kappa shape index (κ1) is 16.7. The molecule has 1 aromatic carbocycles. The lowest BCUT2D eigenvalue weighted by Gasteiger charge is -2.12. The first-order valence-corrected chi connectivity index (χ1v) is 8.11. The number of carbonyl (C=O) groups excluding carboxylic acids is 1. The molecule has 116 valence electrons. The summed E-state index contributed by atoms with van der Waals surface area (Å²) in [5, 5.41) is 2.21. The van der Waals surface area contributed by atoms with E-state index in [9.17, 15) is 13.6 Å². The molecule has 1 aromatic heterocycles. The largest absolute Gasteiger partial charge is 0.316 e. The molecule has 22 heavy (non-hydrogen) atoms. The van der Waals surface area contributed by atoms with E-state index in [1.807, 2.05) is 6.26 Å². The number of halogens is 3. The van der Waals surface area contributed by atoms with Crippen molar-refractivity contribution in [3.05, 3.63) is 57.9 Å². The number of thioether (sulfide) groups is 1. The van der Waals surface area contributed by atoms with E-state index in [-0.39, 0.29) is 16.3 Å². The van der Waals surface area contributed by atoms with Crippen molar-refractivity contribution >= 4 is 35.0 Å². The summed E-state index contributed by atoms with van der Waals surface area (Å²) in [6.45, 7) is 1.41. The zero-order valence-corrected chi connectivity index (χ0v) is 13.5. The van der Waals surface area contributed by atoms with Crippen molar-refractivity contribution in [3.63, 3.8) is 0 Å². The Bertz CT molecular complexity index is 725. The molecule has 2 rings (SSSR count). The van der Waals surface area contributed by atoms with Crippen molar-refractivity contribution in [2.24, 2.45) is 0 Å². The number of pyridine rings is 1. The maximum absolute atomic E-state index is 14.1. The van der Waals surface area contributed by atoms with E-state index >= 15 is 0 Å². The van der Waals surface area contributed by atoms with Crippen LogP contribution in [-0.4, -0.2) is 17.1 Å². The minimum atomic E-state index is -0.927. The Kier molecular flexibility index (Phi) is 5.37. The van der Waals surface area contributed by atoms with E-state index in [2.05, 4.69) is 10.3 Å². The third-order valence-electron chi connectivity index (χ3n) is 3.04. The van der Waals surface area contributed by atoms with Gasteiger partial charge in [-0.2, -0.15) is 11.8 Å². The molecule has 0 fully saturated rings. The van der Waals surface area contributed by atoms with E-state index < -0.39 is 23.2 Å². The molecule has 0 unspecified atom stereocenters. The van der Waals surface area contributed by atoms with Crippen LogP contribution in [0.5, 0.6) is 0 Å². The van der Waals surface area contributed by atoms with Gasteiger partial charge in [0.25, 0.3) is 5.91 Å². The summed E-state index contributed by atoms with van der Waals surface area (Å²) in [6, 6.07) is 4.42. The van der Waals surface area contributed by atoms with E-state index in [0.717, 1.165) is 6.07 Å². The Morgan fingerprint density at radius 3 is 2.86 bits per heavy atom. The van der Waals surface area contributed by atoms with Crippen molar-refractivity contribution < 1.29 is 13.6 Å². The van der Waals surface area contributed by atoms with Crippen molar-refractivity contribution in [2.45, 2.75) is 12.7 Å². The highest BCUT2D eigenvalue weighted by molar-refractivity contribution is 7.97.